The number of ether oxygens (including phenoxy) is 2. The molecule has 0 aliphatic heterocycles. The Kier molecular flexibility index (Phi) is 7.50. The molecule has 160 valence electrons. The number of aromatic nitrogens is 1. The molecule has 9 nitrogen and oxygen atoms in total. The zero-order valence-electron chi connectivity index (χ0n) is 16.9. The average molecular weight is 422 g/mol. The van der Waals surface area contributed by atoms with Crippen molar-refractivity contribution in [2.24, 2.45) is 0 Å². The van der Waals surface area contributed by atoms with E-state index in [-0.39, 0.29) is 17.8 Å². The second kappa shape index (κ2) is 10.7. The molecule has 2 aromatic carbocycles. The first-order valence-corrected chi connectivity index (χ1v) is 9.53. The van der Waals surface area contributed by atoms with Crippen LogP contribution >= 0.6 is 0 Å². The molecule has 1 aromatic heterocycles. The van der Waals surface area contributed by atoms with Gasteiger partial charge in [0, 0.05) is 42.7 Å². The molecule has 9 heteroatoms. The van der Waals surface area contributed by atoms with Crippen LogP contribution in [0.15, 0.2) is 66.9 Å². The normalized spacial score (nSPS) is 10.4. The molecular weight excluding hydrogens is 400 g/mol. The maximum Gasteiger partial charge on any atom is 0.293 e. The van der Waals surface area contributed by atoms with Crippen molar-refractivity contribution in [1.82, 2.24) is 10.3 Å². The minimum absolute atomic E-state index is 0.160. The molecule has 0 atom stereocenters. The van der Waals surface area contributed by atoms with Gasteiger partial charge in [-0.15, -0.1) is 0 Å². The number of carbonyl (C=O) groups excluding carboxylic acids is 1. The summed E-state index contributed by atoms with van der Waals surface area (Å²) in [6.07, 6.45) is 1.59. The molecule has 0 saturated heterocycles. The maximum atomic E-state index is 12.6. The highest BCUT2D eigenvalue weighted by molar-refractivity contribution is 5.96. The van der Waals surface area contributed by atoms with Crippen LogP contribution in [0.25, 0.3) is 0 Å². The number of carbonyl (C=O) groups is 1. The van der Waals surface area contributed by atoms with Crippen LogP contribution in [0.4, 0.5) is 17.1 Å². The Morgan fingerprint density at radius 1 is 1.10 bits per heavy atom. The number of nitro groups is 1. The van der Waals surface area contributed by atoms with Gasteiger partial charge >= 0.3 is 0 Å². The van der Waals surface area contributed by atoms with Gasteiger partial charge in [-0.1, -0.05) is 24.3 Å². The average Bonchev–Trinajstić information content (AvgIpc) is 2.79. The van der Waals surface area contributed by atoms with Crippen molar-refractivity contribution >= 4 is 23.0 Å². The van der Waals surface area contributed by atoms with Gasteiger partial charge in [0.1, 0.15) is 12.3 Å². The van der Waals surface area contributed by atoms with E-state index < -0.39 is 10.8 Å². The lowest BCUT2D eigenvalue weighted by Crippen LogP contribution is -2.23. The van der Waals surface area contributed by atoms with E-state index in [2.05, 4.69) is 15.6 Å². The quantitative estimate of drug-likeness (QED) is 0.291. The van der Waals surface area contributed by atoms with Gasteiger partial charge in [-0.05, 0) is 30.3 Å². The molecule has 0 aliphatic carbocycles. The number of rotatable bonds is 10. The van der Waals surface area contributed by atoms with Gasteiger partial charge in [-0.25, -0.2) is 4.98 Å². The molecular formula is C22H22N4O5. The van der Waals surface area contributed by atoms with Crippen molar-refractivity contribution in [2.75, 3.05) is 25.6 Å². The summed E-state index contributed by atoms with van der Waals surface area (Å²) < 4.78 is 10.5. The number of para-hydroxylation sites is 1. The zero-order chi connectivity index (χ0) is 22.1. The number of pyridine rings is 1. The van der Waals surface area contributed by atoms with E-state index in [4.69, 9.17) is 9.47 Å². The summed E-state index contributed by atoms with van der Waals surface area (Å²) in [5.41, 5.74) is 1.68. The lowest BCUT2D eigenvalue weighted by Gasteiger charge is -2.11. The number of nitrogens with one attached hydrogen (secondary N) is 2. The van der Waals surface area contributed by atoms with Crippen molar-refractivity contribution in [3.05, 3.63) is 88.1 Å². The number of methoxy groups -OCH3 is 1. The summed E-state index contributed by atoms with van der Waals surface area (Å²) in [4.78, 5) is 27.8. The number of hydrogen-bond acceptors (Lipinski definition) is 7. The van der Waals surface area contributed by atoms with E-state index in [9.17, 15) is 14.9 Å². The fraction of sp³-hybridized carbons (Fsp3) is 0.182. The highest BCUT2D eigenvalue weighted by Gasteiger charge is 2.18. The predicted molar refractivity (Wildman–Crippen MR) is 116 cm³/mol. The smallest absolute Gasteiger partial charge is 0.293 e. The zero-order valence-corrected chi connectivity index (χ0v) is 16.9. The predicted octanol–water partition coefficient (Wildman–Crippen LogP) is 3.69. The van der Waals surface area contributed by atoms with Gasteiger partial charge in [0.25, 0.3) is 11.6 Å². The van der Waals surface area contributed by atoms with Gasteiger partial charge in [0.15, 0.2) is 0 Å². The molecule has 0 aliphatic rings. The molecule has 0 unspecified atom stereocenters. The molecule has 0 spiro atoms. The summed E-state index contributed by atoms with van der Waals surface area (Å²) in [7, 11) is 1.57. The molecule has 0 bridgehead atoms. The van der Waals surface area contributed by atoms with Crippen molar-refractivity contribution < 1.29 is 19.2 Å². The first-order valence-electron chi connectivity index (χ1n) is 9.53. The fourth-order valence-electron chi connectivity index (χ4n) is 2.79. The molecule has 3 rings (SSSR count). The van der Waals surface area contributed by atoms with Crippen LogP contribution in [0.2, 0.25) is 0 Å². The number of benzene rings is 2. The van der Waals surface area contributed by atoms with Gasteiger partial charge < -0.3 is 20.1 Å². The second-order valence-corrected chi connectivity index (χ2v) is 6.47. The highest BCUT2D eigenvalue weighted by atomic mass is 16.6. The van der Waals surface area contributed by atoms with E-state index >= 15 is 0 Å². The van der Waals surface area contributed by atoms with E-state index in [1.807, 2.05) is 18.2 Å². The Balaban J connectivity index is 1.71. The second-order valence-electron chi connectivity index (χ2n) is 6.47. The monoisotopic (exact) mass is 422 g/mol. The van der Waals surface area contributed by atoms with E-state index in [0.29, 0.717) is 36.0 Å². The Hall–Kier alpha value is -3.98. The minimum atomic E-state index is -0.523. The Labute approximate surface area is 179 Å². The van der Waals surface area contributed by atoms with Crippen LogP contribution in [-0.2, 0) is 11.3 Å². The maximum absolute atomic E-state index is 12.6. The van der Waals surface area contributed by atoms with Crippen LogP contribution in [0.3, 0.4) is 0 Å². The third-order valence-corrected chi connectivity index (χ3v) is 4.33. The van der Waals surface area contributed by atoms with Crippen LogP contribution in [-0.4, -0.2) is 36.1 Å². The minimum Gasteiger partial charge on any atom is -0.475 e. The van der Waals surface area contributed by atoms with Crippen molar-refractivity contribution in [3.8, 4) is 5.88 Å². The lowest BCUT2D eigenvalue weighted by atomic mass is 10.1. The van der Waals surface area contributed by atoms with Crippen molar-refractivity contribution in [1.29, 1.82) is 0 Å². The third kappa shape index (κ3) is 6.00. The summed E-state index contributed by atoms with van der Waals surface area (Å²) >= 11 is 0. The molecule has 0 fully saturated rings. The number of amides is 1. The number of anilines is 2. The highest BCUT2D eigenvalue weighted by Crippen LogP contribution is 2.28. The van der Waals surface area contributed by atoms with E-state index in [1.165, 1.54) is 18.2 Å². The first kappa shape index (κ1) is 21.7. The summed E-state index contributed by atoms with van der Waals surface area (Å²) in [6, 6.07) is 16.9. The Morgan fingerprint density at radius 3 is 2.65 bits per heavy atom. The number of hydrogen-bond donors (Lipinski definition) is 2. The molecule has 31 heavy (non-hydrogen) atoms. The fourth-order valence-corrected chi connectivity index (χ4v) is 2.79. The standard InChI is InChI=1S/C22H22N4O5/c1-30-12-13-31-22-17(6-5-11-23-22)15-24-21(27)16-9-10-19(20(14-16)26(28)29)25-18-7-3-2-4-8-18/h2-11,14,25H,12-13,15H2,1H3,(H,24,27). The first-order chi connectivity index (χ1) is 15.1. The van der Waals surface area contributed by atoms with Crippen molar-refractivity contribution in [3.63, 3.8) is 0 Å². The molecule has 3 aromatic rings. The van der Waals surface area contributed by atoms with Gasteiger partial charge in [-0.3, -0.25) is 14.9 Å². The van der Waals surface area contributed by atoms with Gasteiger partial charge in [0.2, 0.25) is 5.88 Å². The van der Waals surface area contributed by atoms with E-state index in [0.717, 1.165) is 0 Å². The number of nitro benzene ring substituents is 1. The molecule has 1 amide bonds. The van der Waals surface area contributed by atoms with E-state index in [1.54, 1.807) is 37.6 Å². The Bertz CT molecular complexity index is 1040. The van der Waals surface area contributed by atoms with Crippen LogP contribution in [0, 0.1) is 10.1 Å². The SMILES string of the molecule is COCCOc1ncccc1CNC(=O)c1ccc(Nc2ccccc2)c([N+](=O)[O-])c1. The Morgan fingerprint density at radius 2 is 1.90 bits per heavy atom. The summed E-state index contributed by atoms with van der Waals surface area (Å²) in [5.74, 6) is -0.0469. The largest absolute Gasteiger partial charge is 0.475 e. The van der Waals surface area contributed by atoms with Crippen LogP contribution < -0.4 is 15.4 Å². The molecule has 0 saturated carbocycles. The molecule has 2 N–H and O–H groups in total. The van der Waals surface area contributed by atoms with Crippen molar-refractivity contribution in [2.45, 2.75) is 6.54 Å². The third-order valence-electron chi connectivity index (χ3n) is 4.33. The van der Waals surface area contributed by atoms with Crippen LogP contribution in [0.5, 0.6) is 5.88 Å². The summed E-state index contributed by atoms with van der Waals surface area (Å²) in [5, 5.41) is 17.3. The topological polar surface area (TPSA) is 116 Å². The number of nitrogens with zero attached hydrogens (tertiary/aromatic N) is 2. The molecule has 1 heterocycles. The summed E-state index contributed by atoms with van der Waals surface area (Å²) in [6.45, 7) is 0.902. The van der Waals surface area contributed by atoms with Gasteiger partial charge in [-0.2, -0.15) is 0 Å². The van der Waals surface area contributed by atoms with Crippen LogP contribution in [0.1, 0.15) is 15.9 Å². The lowest BCUT2D eigenvalue weighted by molar-refractivity contribution is -0.383. The van der Waals surface area contributed by atoms with Gasteiger partial charge in [0.05, 0.1) is 11.5 Å². The molecule has 0 radical (unpaired) electrons.